The highest BCUT2D eigenvalue weighted by atomic mass is 16.4. The van der Waals surface area contributed by atoms with E-state index in [0.717, 1.165) is 0 Å². The smallest absolute Gasteiger partial charge is 0.328 e. The van der Waals surface area contributed by atoms with Gasteiger partial charge in [0.05, 0.1) is 0 Å². The molecule has 1 atom stereocenters. The minimum atomic E-state index is -1.26. The Morgan fingerprint density at radius 1 is 1.08 bits per heavy atom. The van der Waals surface area contributed by atoms with Gasteiger partial charge in [0, 0.05) is 36.2 Å². The molecule has 0 spiro atoms. The van der Waals surface area contributed by atoms with E-state index in [9.17, 15) is 9.59 Å². The van der Waals surface area contributed by atoms with E-state index < -0.39 is 11.9 Å². The van der Waals surface area contributed by atoms with Crippen LogP contribution in [0.15, 0.2) is 60.9 Å². The summed E-state index contributed by atoms with van der Waals surface area (Å²) in [6, 6.07) is 13.3. The first-order valence-electron chi connectivity index (χ1n) is 8.32. The van der Waals surface area contributed by atoms with E-state index in [1.165, 1.54) is 36.1 Å². The van der Waals surface area contributed by atoms with E-state index >= 15 is 0 Å². The van der Waals surface area contributed by atoms with E-state index in [2.05, 4.69) is 47.3 Å². The molecule has 0 radical (unpaired) electrons. The van der Waals surface area contributed by atoms with Gasteiger partial charge in [-0.15, -0.1) is 0 Å². The maximum atomic E-state index is 9.55. The highest BCUT2D eigenvalue weighted by Crippen LogP contribution is 2.31. The molecular formula is C20H22N2O4. The maximum Gasteiger partial charge on any atom is 0.328 e. The van der Waals surface area contributed by atoms with Crippen LogP contribution >= 0.6 is 0 Å². The number of aromatic nitrogens is 1. The number of carbonyl (C=O) groups is 2. The molecule has 1 aromatic carbocycles. The first kappa shape index (κ1) is 19.3. The second kappa shape index (κ2) is 9.48. The number of carboxylic acids is 2. The Balaban J connectivity index is 0.000000260. The zero-order chi connectivity index (χ0) is 18.9. The third kappa shape index (κ3) is 5.82. The summed E-state index contributed by atoms with van der Waals surface area (Å²) >= 11 is 0. The number of hydrogen-bond acceptors (Lipinski definition) is 4. The summed E-state index contributed by atoms with van der Waals surface area (Å²) in [4.78, 5) is 25.9. The second-order valence-electron chi connectivity index (χ2n) is 6.02. The van der Waals surface area contributed by atoms with Crippen LogP contribution in [0.2, 0.25) is 0 Å². The highest BCUT2D eigenvalue weighted by Gasteiger charge is 2.22. The number of nitrogens with zero attached hydrogens (tertiary/aromatic N) is 2. The van der Waals surface area contributed by atoms with Crippen molar-refractivity contribution in [3.05, 3.63) is 66.5 Å². The van der Waals surface area contributed by atoms with Crippen molar-refractivity contribution in [1.82, 2.24) is 9.88 Å². The monoisotopic (exact) mass is 354 g/mol. The van der Waals surface area contributed by atoms with Crippen molar-refractivity contribution in [3.8, 4) is 11.1 Å². The van der Waals surface area contributed by atoms with Gasteiger partial charge in [-0.05, 0) is 43.6 Å². The van der Waals surface area contributed by atoms with Crippen LogP contribution < -0.4 is 0 Å². The Kier molecular flexibility index (Phi) is 7.05. The average molecular weight is 354 g/mol. The van der Waals surface area contributed by atoms with Crippen LogP contribution in [0.1, 0.15) is 24.4 Å². The number of rotatable bonds is 4. The fraction of sp³-hybridized carbons (Fsp3) is 0.250. The Labute approximate surface area is 152 Å². The molecule has 1 aliphatic rings. The van der Waals surface area contributed by atoms with Gasteiger partial charge in [-0.1, -0.05) is 30.3 Å². The maximum absolute atomic E-state index is 9.55. The Morgan fingerprint density at radius 3 is 2.27 bits per heavy atom. The van der Waals surface area contributed by atoms with E-state index in [4.69, 9.17) is 10.2 Å². The van der Waals surface area contributed by atoms with E-state index in [-0.39, 0.29) is 0 Å². The topological polar surface area (TPSA) is 90.7 Å². The van der Waals surface area contributed by atoms with Gasteiger partial charge in [-0.2, -0.15) is 0 Å². The minimum absolute atomic E-state index is 0.543. The van der Waals surface area contributed by atoms with Crippen LogP contribution in [0.3, 0.4) is 0 Å². The van der Waals surface area contributed by atoms with Crippen LogP contribution in [0.5, 0.6) is 0 Å². The molecule has 26 heavy (non-hydrogen) atoms. The molecule has 6 heteroatoms. The number of carboxylic acid groups (broad SMARTS) is 2. The molecule has 0 saturated carbocycles. The summed E-state index contributed by atoms with van der Waals surface area (Å²) in [6.07, 6.45) is 7.62. The molecule has 6 nitrogen and oxygen atoms in total. The third-order valence-corrected chi connectivity index (χ3v) is 4.14. The van der Waals surface area contributed by atoms with Crippen molar-refractivity contribution in [2.45, 2.75) is 18.9 Å². The van der Waals surface area contributed by atoms with Crippen LogP contribution in [0.4, 0.5) is 0 Å². The molecule has 2 heterocycles. The largest absolute Gasteiger partial charge is 0.478 e. The van der Waals surface area contributed by atoms with Gasteiger partial charge >= 0.3 is 11.9 Å². The SMILES string of the molecule is CN1CCCC1c1cncc(-c2ccccc2)c1.O=C(O)/C=C/C(=O)O. The zero-order valence-electron chi connectivity index (χ0n) is 14.6. The molecule has 1 saturated heterocycles. The predicted octanol–water partition coefficient (Wildman–Crippen LogP) is 3.23. The van der Waals surface area contributed by atoms with Crippen molar-refractivity contribution >= 4 is 11.9 Å². The van der Waals surface area contributed by atoms with E-state index in [1.54, 1.807) is 0 Å². The second-order valence-corrected chi connectivity index (χ2v) is 6.02. The van der Waals surface area contributed by atoms with Gasteiger partial charge in [-0.3, -0.25) is 9.88 Å². The summed E-state index contributed by atoms with van der Waals surface area (Å²) < 4.78 is 0. The molecular weight excluding hydrogens is 332 g/mol. The van der Waals surface area contributed by atoms with E-state index in [1.807, 2.05) is 18.5 Å². The molecule has 0 bridgehead atoms. The lowest BCUT2D eigenvalue weighted by atomic mass is 10.0. The first-order valence-corrected chi connectivity index (χ1v) is 8.32. The molecule has 1 fully saturated rings. The fourth-order valence-corrected chi connectivity index (χ4v) is 2.90. The summed E-state index contributed by atoms with van der Waals surface area (Å²) in [7, 11) is 2.20. The molecule has 1 aromatic heterocycles. The lowest BCUT2D eigenvalue weighted by Crippen LogP contribution is -2.17. The van der Waals surface area contributed by atoms with Crippen molar-refractivity contribution in [1.29, 1.82) is 0 Å². The number of benzene rings is 1. The summed E-state index contributed by atoms with van der Waals surface area (Å²) in [6.45, 7) is 1.19. The van der Waals surface area contributed by atoms with Crippen LogP contribution in [0, 0.1) is 0 Å². The lowest BCUT2D eigenvalue weighted by molar-refractivity contribution is -0.134. The Morgan fingerprint density at radius 2 is 1.73 bits per heavy atom. The van der Waals surface area contributed by atoms with Gasteiger partial charge in [0.25, 0.3) is 0 Å². The van der Waals surface area contributed by atoms with Crippen LogP contribution in [-0.2, 0) is 9.59 Å². The van der Waals surface area contributed by atoms with Gasteiger partial charge in [0.2, 0.25) is 0 Å². The third-order valence-electron chi connectivity index (χ3n) is 4.14. The fourth-order valence-electron chi connectivity index (χ4n) is 2.90. The van der Waals surface area contributed by atoms with Gasteiger partial charge in [-0.25, -0.2) is 9.59 Å². The zero-order valence-corrected chi connectivity index (χ0v) is 14.6. The van der Waals surface area contributed by atoms with Crippen molar-refractivity contribution in [3.63, 3.8) is 0 Å². The molecule has 136 valence electrons. The Bertz CT molecular complexity index is 758. The van der Waals surface area contributed by atoms with Crippen LogP contribution in [0.25, 0.3) is 11.1 Å². The predicted molar refractivity (Wildman–Crippen MR) is 98.7 cm³/mol. The molecule has 1 unspecified atom stereocenters. The average Bonchev–Trinajstić information content (AvgIpc) is 3.07. The Hall–Kier alpha value is -2.99. The number of aliphatic carboxylic acids is 2. The van der Waals surface area contributed by atoms with Crippen LogP contribution in [-0.4, -0.2) is 45.6 Å². The van der Waals surface area contributed by atoms with Gasteiger partial charge < -0.3 is 10.2 Å². The molecule has 0 aliphatic carbocycles. The number of pyridine rings is 1. The quantitative estimate of drug-likeness (QED) is 0.819. The van der Waals surface area contributed by atoms with E-state index in [0.29, 0.717) is 18.2 Å². The van der Waals surface area contributed by atoms with Gasteiger partial charge in [0.15, 0.2) is 0 Å². The molecule has 3 rings (SSSR count). The summed E-state index contributed by atoms with van der Waals surface area (Å²) in [5, 5.41) is 15.6. The standard InChI is InChI=1S/C16H18N2.C4H4O4/c1-18-9-5-8-16(18)15-10-14(11-17-12-15)13-6-3-2-4-7-13;5-3(6)1-2-4(7)8/h2-4,6-7,10-12,16H,5,8-9H2,1H3;1-2H,(H,5,6)(H,7,8)/b;2-1+. The summed E-state index contributed by atoms with van der Waals surface area (Å²) in [5.74, 6) is -2.51. The van der Waals surface area contributed by atoms with Gasteiger partial charge in [0.1, 0.15) is 0 Å². The number of hydrogen-bond donors (Lipinski definition) is 2. The normalized spacial score (nSPS) is 16.9. The number of likely N-dealkylation sites (tertiary alicyclic amines) is 1. The molecule has 2 aromatic rings. The molecule has 2 N–H and O–H groups in total. The van der Waals surface area contributed by atoms with Crippen molar-refractivity contribution in [2.24, 2.45) is 0 Å². The molecule has 0 amide bonds. The first-order chi connectivity index (χ1) is 12.5. The minimum Gasteiger partial charge on any atom is -0.478 e. The lowest BCUT2D eigenvalue weighted by Gasteiger charge is -2.19. The molecule has 1 aliphatic heterocycles. The van der Waals surface area contributed by atoms with Crippen molar-refractivity contribution < 1.29 is 19.8 Å². The van der Waals surface area contributed by atoms with Crippen molar-refractivity contribution in [2.75, 3.05) is 13.6 Å². The highest BCUT2D eigenvalue weighted by molar-refractivity contribution is 5.89. The summed E-state index contributed by atoms with van der Waals surface area (Å²) in [5.41, 5.74) is 3.80.